The molecule has 0 aliphatic heterocycles. The summed E-state index contributed by atoms with van der Waals surface area (Å²) >= 11 is 0. The molecule has 0 saturated heterocycles. The fourth-order valence-corrected chi connectivity index (χ4v) is 3.20. The Labute approximate surface area is 137 Å². The third kappa shape index (κ3) is 4.71. The molecule has 0 radical (unpaired) electrons. The second-order valence-corrected chi connectivity index (χ2v) is 6.25. The van der Waals surface area contributed by atoms with Gasteiger partial charge in [0.25, 0.3) is 0 Å². The molecule has 2 unspecified atom stereocenters. The number of aryl methyl sites for hydroxylation is 1. The molecule has 1 amide bonds. The van der Waals surface area contributed by atoms with Crippen LogP contribution < -0.4 is 10.2 Å². The van der Waals surface area contributed by atoms with Gasteiger partial charge in [0.15, 0.2) is 0 Å². The van der Waals surface area contributed by atoms with E-state index in [1.807, 2.05) is 6.07 Å². The van der Waals surface area contributed by atoms with E-state index in [1.165, 1.54) is 5.56 Å². The zero-order valence-electron chi connectivity index (χ0n) is 13.9. The second-order valence-electron chi connectivity index (χ2n) is 6.25. The van der Waals surface area contributed by atoms with Crippen molar-refractivity contribution >= 4 is 17.6 Å². The van der Waals surface area contributed by atoms with E-state index in [0.29, 0.717) is 25.8 Å². The van der Waals surface area contributed by atoms with Crippen LogP contribution in [-0.4, -0.2) is 36.6 Å². The van der Waals surface area contributed by atoms with Crippen molar-refractivity contribution in [2.24, 2.45) is 11.8 Å². The lowest BCUT2D eigenvalue weighted by Gasteiger charge is -2.24. The number of likely N-dealkylation sites (N-methyl/N-ethyl adjacent to an activating group) is 1. The van der Waals surface area contributed by atoms with Gasteiger partial charge in [0.05, 0.1) is 5.92 Å². The van der Waals surface area contributed by atoms with Crippen LogP contribution in [0.2, 0.25) is 0 Å². The molecule has 0 bridgehead atoms. The molecule has 23 heavy (non-hydrogen) atoms. The molecule has 0 spiro atoms. The first kappa shape index (κ1) is 17.3. The van der Waals surface area contributed by atoms with Crippen LogP contribution in [0.5, 0.6) is 0 Å². The summed E-state index contributed by atoms with van der Waals surface area (Å²) in [5.74, 6) is -1.29. The number of amides is 1. The number of rotatable bonds is 7. The zero-order valence-corrected chi connectivity index (χ0v) is 13.9. The standard InChI is InChI=1S/C18H26N2O3/c1-3-20(16-6-4-5-13(2)11-16)10-9-19-17(21)14-7-8-15(12-14)18(22)23/h4-6,11,14-15H,3,7-10,12H2,1-2H3,(H,19,21)(H,22,23). The molecule has 1 aromatic rings. The van der Waals surface area contributed by atoms with Gasteiger partial charge in [-0.15, -0.1) is 0 Å². The number of carbonyl (C=O) groups is 2. The lowest BCUT2D eigenvalue weighted by atomic mass is 10.0. The molecule has 1 aromatic carbocycles. The van der Waals surface area contributed by atoms with Crippen molar-refractivity contribution in [1.82, 2.24) is 5.32 Å². The van der Waals surface area contributed by atoms with Gasteiger partial charge in [-0.05, 0) is 50.8 Å². The van der Waals surface area contributed by atoms with Gasteiger partial charge >= 0.3 is 5.97 Å². The van der Waals surface area contributed by atoms with E-state index in [0.717, 1.165) is 18.8 Å². The maximum Gasteiger partial charge on any atom is 0.306 e. The van der Waals surface area contributed by atoms with Crippen LogP contribution in [0.15, 0.2) is 24.3 Å². The van der Waals surface area contributed by atoms with Crippen molar-refractivity contribution in [3.63, 3.8) is 0 Å². The van der Waals surface area contributed by atoms with Crippen LogP contribution in [-0.2, 0) is 9.59 Å². The largest absolute Gasteiger partial charge is 0.481 e. The Bertz CT molecular complexity index is 559. The van der Waals surface area contributed by atoms with E-state index in [4.69, 9.17) is 5.11 Å². The molecule has 0 heterocycles. The Balaban J connectivity index is 1.79. The normalized spacial score (nSPS) is 20.3. The molecule has 1 fully saturated rings. The highest BCUT2D eigenvalue weighted by molar-refractivity contribution is 5.80. The third-order valence-electron chi connectivity index (χ3n) is 4.58. The van der Waals surface area contributed by atoms with E-state index in [1.54, 1.807) is 0 Å². The Morgan fingerprint density at radius 2 is 2.04 bits per heavy atom. The summed E-state index contributed by atoms with van der Waals surface area (Å²) in [5.41, 5.74) is 2.38. The van der Waals surface area contributed by atoms with Gasteiger partial charge in [-0.3, -0.25) is 9.59 Å². The Hall–Kier alpha value is -2.04. The van der Waals surface area contributed by atoms with Crippen LogP contribution in [0.4, 0.5) is 5.69 Å². The van der Waals surface area contributed by atoms with Gasteiger partial charge in [-0.2, -0.15) is 0 Å². The highest BCUT2D eigenvalue weighted by atomic mass is 16.4. The number of carbonyl (C=O) groups excluding carboxylic acids is 1. The first-order valence-electron chi connectivity index (χ1n) is 8.33. The molecule has 5 heteroatoms. The molecule has 1 aliphatic rings. The molecule has 2 atom stereocenters. The number of carboxylic acids is 1. The number of hydrogen-bond donors (Lipinski definition) is 2. The number of aliphatic carboxylic acids is 1. The summed E-state index contributed by atoms with van der Waals surface area (Å²) in [6.07, 6.45) is 1.76. The van der Waals surface area contributed by atoms with Gasteiger partial charge in [-0.25, -0.2) is 0 Å². The summed E-state index contributed by atoms with van der Waals surface area (Å²) in [4.78, 5) is 25.3. The van der Waals surface area contributed by atoms with Crippen LogP contribution >= 0.6 is 0 Å². The van der Waals surface area contributed by atoms with Crippen LogP contribution in [0.25, 0.3) is 0 Å². The molecule has 126 valence electrons. The topological polar surface area (TPSA) is 69.6 Å². The van der Waals surface area contributed by atoms with Gasteiger partial charge in [0, 0.05) is 31.2 Å². The minimum absolute atomic E-state index is 0.00551. The number of carboxylic acid groups (broad SMARTS) is 1. The van der Waals surface area contributed by atoms with Gasteiger partial charge in [-0.1, -0.05) is 12.1 Å². The SMILES string of the molecule is CCN(CCNC(=O)C1CCC(C(=O)O)C1)c1cccc(C)c1. The second kappa shape index (κ2) is 7.99. The maximum absolute atomic E-state index is 12.2. The number of nitrogens with one attached hydrogen (secondary N) is 1. The monoisotopic (exact) mass is 318 g/mol. The molecule has 1 saturated carbocycles. The Kier molecular flexibility index (Phi) is 6.02. The Morgan fingerprint density at radius 1 is 1.30 bits per heavy atom. The van der Waals surface area contributed by atoms with Crippen molar-refractivity contribution in [2.75, 3.05) is 24.5 Å². The zero-order chi connectivity index (χ0) is 16.8. The van der Waals surface area contributed by atoms with Crippen LogP contribution in [0.1, 0.15) is 31.7 Å². The lowest BCUT2D eigenvalue weighted by Crippen LogP contribution is -2.37. The highest BCUT2D eigenvalue weighted by Crippen LogP contribution is 2.31. The predicted molar refractivity (Wildman–Crippen MR) is 90.5 cm³/mol. The van der Waals surface area contributed by atoms with E-state index in [-0.39, 0.29) is 17.7 Å². The molecule has 2 rings (SSSR count). The minimum atomic E-state index is -0.781. The summed E-state index contributed by atoms with van der Waals surface area (Å²) in [7, 11) is 0. The molecule has 5 nitrogen and oxygen atoms in total. The summed E-state index contributed by atoms with van der Waals surface area (Å²) in [6, 6.07) is 8.32. The van der Waals surface area contributed by atoms with E-state index >= 15 is 0 Å². The molecule has 0 aromatic heterocycles. The van der Waals surface area contributed by atoms with E-state index in [2.05, 4.69) is 42.3 Å². The molecular formula is C18H26N2O3. The molecule has 2 N–H and O–H groups in total. The first-order valence-corrected chi connectivity index (χ1v) is 8.33. The minimum Gasteiger partial charge on any atom is -0.481 e. The summed E-state index contributed by atoms with van der Waals surface area (Å²) < 4.78 is 0. The number of nitrogens with zero attached hydrogens (tertiary/aromatic N) is 1. The van der Waals surface area contributed by atoms with Crippen molar-refractivity contribution < 1.29 is 14.7 Å². The fourth-order valence-electron chi connectivity index (χ4n) is 3.20. The van der Waals surface area contributed by atoms with Gasteiger partial charge in [0.2, 0.25) is 5.91 Å². The first-order chi connectivity index (χ1) is 11.0. The molecular weight excluding hydrogens is 292 g/mol. The number of hydrogen-bond acceptors (Lipinski definition) is 3. The summed E-state index contributed by atoms with van der Waals surface area (Å²) in [6.45, 7) is 6.37. The lowest BCUT2D eigenvalue weighted by molar-refractivity contribution is -0.141. The van der Waals surface area contributed by atoms with Gasteiger partial charge in [0.1, 0.15) is 0 Å². The quantitative estimate of drug-likeness (QED) is 0.810. The van der Waals surface area contributed by atoms with Gasteiger partial charge < -0.3 is 15.3 Å². The fraction of sp³-hybridized carbons (Fsp3) is 0.556. The smallest absolute Gasteiger partial charge is 0.306 e. The predicted octanol–water partition coefficient (Wildman–Crippen LogP) is 2.44. The van der Waals surface area contributed by atoms with Crippen molar-refractivity contribution in [1.29, 1.82) is 0 Å². The van der Waals surface area contributed by atoms with Crippen molar-refractivity contribution in [2.45, 2.75) is 33.1 Å². The van der Waals surface area contributed by atoms with Crippen molar-refractivity contribution in [3.05, 3.63) is 29.8 Å². The van der Waals surface area contributed by atoms with Crippen LogP contribution in [0, 0.1) is 18.8 Å². The number of anilines is 1. The van der Waals surface area contributed by atoms with Crippen molar-refractivity contribution in [3.8, 4) is 0 Å². The summed E-state index contributed by atoms with van der Waals surface area (Å²) in [5, 5.41) is 12.0. The van der Waals surface area contributed by atoms with E-state index < -0.39 is 5.97 Å². The average molecular weight is 318 g/mol. The molecule has 1 aliphatic carbocycles. The average Bonchev–Trinajstić information content (AvgIpc) is 3.01. The van der Waals surface area contributed by atoms with Crippen LogP contribution in [0.3, 0.4) is 0 Å². The third-order valence-corrected chi connectivity index (χ3v) is 4.58. The van der Waals surface area contributed by atoms with E-state index in [9.17, 15) is 9.59 Å². The maximum atomic E-state index is 12.2. The highest BCUT2D eigenvalue weighted by Gasteiger charge is 2.33. The Morgan fingerprint density at radius 3 is 2.65 bits per heavy atom. The number of benzene rings is 1.